The smallest absolute Gasteiger partial charge is 0.242 e. The van der Waals surface area contributed by atoms with Gasteiger partial charge >= 0.3 is 0 Å². The fraction of sp³-hybridized carbons (Fsp3) is 0.333. The minimum absolute atomic E-state index is 0.0373. The molecule has 1 aromatic rings. The van der Waals surface area contributed by atoms with Crippen molar-refractivity contribution >= 4 is 27.3 Å². The van der Waals surface area contributed by atoms with Crippen LogP contribution >= 0.6 is 11.6 Å². The Morgan fingerprint density at radius 1 is 1.39 bits per heavy atom. The Kier molecular flexibility index (Phi) is 5.48. The summed E-state index contributed by atoms with van der Waals surface area (Å²) >= 11 is 5.85. The lowest BCUT2D eigenvalue weighted by molar-refractivity contribution is 0.577. The van der Waals surface area contributed by atoms with Crippen LogP contribution in [0.4, 0.5) is 5.69 Å². The fourth-order valence-corrected chi connectivity index (χ4v) is 3.00. The molecule has 3 N–H and O–H groups in total. The number of unbranched alkanes of at least 4 members (excludes halogenated alkanes) is 2. The number of terminal acetylenes is 1. The lowest BCUT2D eigenvalue weighted by Gasteiger charge is -2.08. The quantitative estimate of drug-likeness (QED) is 0.477. The maximum absolute atomic E-state index is 11.9. The highest BCUT2D eigenvalue weighted by Crippen LogP contribution is 2.23. The van der Waals surface area contributed by atoms with E-state index in [9.17, 15) is 8.42 Å². The minimum atomic E-state index is -3.58. The van der Waals surface area contributed by atoms with Crippen LogP contribution in [0.3, 0.4) is 0 Å². The van der Waals surface area contributed by atoms with Gasteiger partial charge in [-0.1, -0.05) is 11.6 Å². The normalized spacial score (nSPS) is 11.1. The van der Waals surface area contributed by atoms with Gasteiger partial charge in [-0.3, -0.25) is 0 Å². The maximum Gasteiger partial charge on any atom is 0.242 e. The first kappa shape index (κ1) is 14.8. The Morgan fingerprint density at radius 3 is 2.72 bits per heavy atom. The highest BCUT2D eigenvalue weighted by Gasteiger charge is 2.16. The Bertz CT molecular complexity index is 550. The first-order chi connectivity index (χ1) is 8.47. The largest absolute Gasteiger partial charge is 0.399 e. The lowest BCUT2D eigenvalue weighted by atomic mass is 10.2. The molecule has 1 rings (SSSR count). The summed E-state index contributed by atoms with van der Waals surface area (Å²) < 4.78 is 26.3. The van der Waals surface area contributed by atoms with Crippen molar-refractivity contribution in [2.24, 2.45) is 0 Å². The summed E-state index contributed by atoms with van der Waals surface area (Å²) in [6.07, 6.45) is 7.22. The molecule has 0 bridgehead atoms. The number of sulfonamides is 1. The fourth-order valence-electron chi connectivity index (χ4n) is 1.37. The first-order valence-corrected chi connectivity index (χ1v) is 7.31. The summed E-state index contributed by atoms with van der Waals surface area (Å²) in [6, 6.07) is 4.30. The van der Waals surface area contributed by atoms with E-state index in [1.807, 2.05) is 0 Å². The highest BCUT2D eigenvalue weighted by molar-refractivity contribution is 7.89. The van der Waals surface area contributed by atoms with Crippen LogP contribution in [0.5, 0.6) is 0 Å². The third-order valence-corrected chi connectivity index (χ3v) is 4.23. The molecule has 0 unspecified atom stereocenters. The zero-order chi connectivity index (χ0) is 13.6. The molecule has 0 saturated heterocycles. The Labute approximate surface area is 113 Å². The number of nitrogens with two attached hydrogens (primary N) is 1. The molecule has 0 atom stereocenters. The van der Waals surface area contributed by atoms with E-state index in [0.29, 0.717) is 25.1 Å². The predicted molar refractivity (Wildman–Crippen MR) is 73.7 cm³/mol. The molecule has 6 heteroatoms. The molecule has 0 radical (unpaired) electrons. The molecule has 0 spiro atoms. The minimum Gasteiger partial charge on any atom is -0.399 e. The topological polar surface area (TPSA) is 72.2 Å². The number of anilines is 1. The average molecular weight is 287 g/mol. The number of halogens is 1. The van der Waals surface area contributed by atoms with Crippen molar-refractivity contribution in [1.29, 1.82) is 0 Å². The van der Waals surface area contributed by atoms with Gasteiger partial charge in [-0.15, -0.1) is 12.3 Å². The van der Waals surface area contributed by atoms with E-state index >= 15 is 0 Å². The van der Waals surface area contributed by atoms with E-state index in [1.165, 1.54) is 18.2 Å². The van der Waals surface area contributed by atoms with Crippen LogP contribution in [-0.2, 0) is 10.0 Å². The van der Waals surface area contributed by atoms with E-state index in [4.69, 9.17) is 23.8 Å². The van der Waals surface area contributed by atoms with Gasteiger partial charge in [-0.05, 0) is 31.0 Å². The molecule has 98 valence electrons. The van der Waals surface area contributed by atoms with Gasteiger partial charge in [0.2, 0.25) is 10.0 Å². The summed E-state index contributed by atoms with van der Waals surface area (Å²) in [6.45, 7) is 0.338. The van der Waals surface area contributed by atoms with E-state index in [0.717, 1.165) is 6.42 Å². The molecule has 0 saturated carbocycles. The number of hydrogen-bond acceptors (Lipinski definition) is 3. The molecule has 4 nitrogen and oxygen atoms in total. The van der Waals surface area contributed by atoms with E-state index in [2.05, 4.69) is 10.6 Å². The molecule has 0 amide bonds. The average Bonchev–Trinajstić information content (AvgIpc) is 2.28. The summed E-state index contributed by atoms with van der Waals surface area (Å²) in [5, 5.41) is 0.117. The summed E-state index contributed by atoms with van der Waals surface area (Å²) in [5.41, 5.74) is 5.93. The summed E-state index contributed by atoms with van der Waals surface area (Å²) in [7, 11) is -3.58. The molecule has 0 aromatic heterocycles. The van der Waals surface area contributed by atoms with Crippen LogP contribution < -0.4 is 10.5 Å². The van der Waals surface area contributed by atoms with Crippen LogP contribution in [0.25, 0.3) is 0 Å². The van der Waals surface area contributed by atoms with Gasteiger partial charge in [0.15, 0.2) is 0 Å². The van der Waals surface area contributed by atoms with Crippen LogP contribution in [0.2, 0.25) is 5.02 Å². The van der Waals surface area contributed by atoms with E-state index in [-0.39, 0.29) is 9.92 Å². The number of benzene rings is 1. The summed E-state index contributed by atoms with van der Waals surface area (Å²) in [4.78, 5) is 0.0373. The van der Waals surface area contributed by atoms with Crippen molar-refractivity contribution in [3.05, 3.63) is 23.2 Å². The summed E-state index contributed by atoms with van der Waals surface area (Å²) in [5.74, 6) is 2.50. The Hall–Kier alpha value is -1.22. The zero-order valence-corrected chi connectivity index (χ0v) is 11.4. The number of rotatable bonds is 6. The van der Waals surface area contributed by atoms with Crippen molar-refractivity contribution in [3.63, 3.8) is 0 Å². The molecular formula is C12H15ClN2O2S. The van der Waals surface area contributed by atoms with Crippen molar-refractivity contribution in [2.75, 3.05) is 12.3 Å². The van der Waals surface area contributed by atoms with Crippen LogP contribution in [0.1, 0.15) is 19.3 Å². The van der Waals surface area contributed by atoms with Crippen molar-refractivity contribution in [1.82, 2.24) is 4.72 Å². The predicted octanol–water partition coefficient (Wildman–Crippen LogP) is 2.00. The van der Waals surface area contributed by atoms with Gasteiger partial charge in [0.05, 0.1) is 5.02 Å². The van der Waals surface area contributed by atoms with E-state index < -0.39 is 10.0 Å². The Morgan fingerprint density at radius 2 is 2.11 bits per heavy atom. The Balaban J connectivity index is 2.66. The second-order valence-electron chi connectivity index (χ2n) is 3.75. The number of nitrogen functional groups attached to an aromatic ring is 1. The van der Waals surface area contributed by atoms with Crippen LogP contribution in [0.15, 0.2) is 23.1 Å². The molecule has 18 heavy (non-hydrogen) atoms. The molecule has 0 heterocycles. The van der Waals surface area contributed by atoms with Gasteiger partial charge in [0.25, 0.3) is 0 Å². The molecule has 0 fully saturated rings. The standard InChI is InChI=1S/C12H15ClN2O2S/c1-2-3-4-5-8-15-18(16,17)12-7-6-10(14)9-11(12)13/h1,6-7,9,15H,3-5,8,14H2. The second kappa shape index (κ2) is 6.64. The van der Waals surface area contributed by atoms with Crippen molar-refractivity contribution < 1.29 is 8.42 Å². The number of nitrogens with one attached hydrogen (secondary N) is 1. The highest BCUT2D eigenvalue weighted by atomic mass is 35.5. The van der Waals surface area contributed by atoms with Crippen molar-refractivity contribution in [2.45, 2.75) is 24.2 Å². The molecule has 0 aliphatic rings. The first-order valence-electron chi connectivity index (χ1n) is 5.45. The van der Waals surface area contributed by atoms with E-state index in [1.54, 1.807) is 0 Å². The number of hydrogen-bond donors (Lipinski definition) is 2. The SMILES string of the molecule is C#CCCCCNS(=O)(=O)c1ccc(N)cc1Cl. The van der Waals surface area contributed by atoms with Gasteiger partial charge < -0.3 is 5.73 Å². The van der Waals surface area contributed by atoms with Gasteiger partial charge in [0, 0.05) is 18.7 Å². The van der Waals surface area contributed by atoms with Crippen LogP contribution in [-0.4, -0.2) is 15.0 Å². The lowest BCUT2D eigenvalue weighted by Crippen LogP contribution is -2.25. The van der Waals surface area contributed by atoms with Crippen LogP contribution in [0, 0.1) is 12.3 Å². The third kappa shape index (κ3) is 4.22. The monoisotopic (exact) mass is 286 g/mol. The molecule has 0 aliphatic heterocycles. The zero-order valence-electron chi connectivity index (χ0n) is 9.82. The van der Waals surface area contributed by atoms with Crippen molar-refractivity contribution in [3.8, 4) is 12.3 Å². The van der Waals surface area contributed by atoms with Gasteiger partial charge in [-0.2, -0.15) is 0 Å². The van der Waals surface area contributed by atoms with Gasteiger partial charge in [0.1, 0.15) is 4.90 Å². The van der Waals surface area contributed by atoms with Gasteiger partial charge in [-0.25, -0.2) is 13.1 Å². The second-order valence-corrected chi connectivity index (χ2v) is 5.89. The molecule has 0 aliphatic carbocycles. The maximum atomic E-state index is 11.9. The molecular weight excluding hydrogens is 272 g/mol. The molecule has 1 aromatic carbocycles. The third-order valence-electron chi connectivity index (χ3n) is 2.29.